The Morgan fingerprint density at radius 3 is 2.30 bits per heavy atom. The summed E-state index contributed by atoms with van der Waals surface area (Å²) in [6.07, 6.45) is -4.53. The van der Waals surface area contributed by atoms with Gasteiger partial charge < -0.3 is 5.32 Å². The molecule has 0 atom stereocenters. The largest absolute Gasteiger partial charge is 0.416 e. The smallest absolute Gasteiger partial charge is 0.322 e. The number of carbonyl (C=O) groups is 1. The molecule has 0 aromatic heterocycles. The predicted octanol–water partition coefficient (Wildman–Crippen LogP) is 3.89. The van der Waals surface area contributed by atoms with E-state index in [1.165, 1.54) is 24.3 Å². The van der Waals surface area contributed by atoms with Gasteiger partial charge in [0.15, 0.2) is 0 Å². The van der Waals surface area contributed by atoms with Crippen molar-refractivity contribution in [3.8, 4) is 0 Å². The first-order valence-electron chi connectivity index (χ1n) is 6.11. The highest BCUT2D eigenvalue weighted by molar-refractivity contribution is 8.13. The highest BCUT2D eigenvalue weighted by atomic mass is 35.7. The molecule has 1 N–H and O–H groups in total. The third kappa shape index (κ3) is 4.46. The standard InChI is InChI=1S/C14H9ClF3NO3S/c15-23(21,22)12-6-1-3-9(7-12)13(20)19-11-5-2-4-10(8-11)14(16,17)18/h1-8H,(H,19,20). The second kappa shape index (κ2) is 6.21. The summed E-state index contributed by atoms with van der Waals surface area (Å²) in [7, 11) is 1.17. The fraction of sp³-hybridized carbons (Fsp3) is 0.0714. The van der Waals surface area contributed by atoms with Crippen LogP contribution in [0.1, 0.15) is 15.9 Å². The minimum absolute atomic E-state index is 0.0517. The van der Waals surface area contributed by atoms with Gasteiger partial charge in [0.1, 0.15) is 0 Å². The van der Waals surface area contributed by atoms with E-state index in [-0.39, 0.29) is 16.1 Å². The predicted molar refractivity (Wildman–Crippen MR) is 78.9 cm³/mol. The molecule has 0 aliphatic heterocycles. The number of nitrogens with one attached hydrogen (secondary N) is 1. The minimum Gasteiger partial charge on any atom is -0.322 e. The Hall–Kier alpha value is -2.06. The van der Waals surface area contributed by atoms with Gasteiger partial charge in [-0.05, 0) is 36.4 Å². The minimum atomic E-state index is -4.53. The molecule has 0 saturated heterocycles. The fourth-order valence-electron chi connectivity index (χ4n) is 1.77. The van der Waals surface area contributed by atoms with Crippen molar-refractivity contribution in [1.82, 2.24) is 0 Å². The van der Waals surface area contributed by atoms with Crippen LogP contribution in [0.2, 0.25) is 0 Å². The van der Waals surface area contributed by atoms with Crippen molar-refractivity contribution in [2.75, 3.05) is 5.32 Å². The normalized spacial score (nSPS) is 12.0. The average Bonchev–Trinajstić information content (AvgIpc) is 2.46. The summed E-state index contributed by atoms with van der Waals surface area (Å²) in [5.74, 6) is -0.758. The van der Waals surface area contributed by atoms with E-state index in [0.717, 1.165) is 24.3 Å². The van der Waals surface area contributed by atoms with E-state index in [4.69, 9.17) is 10.7 Å². The molecule has 0 saturated carbocycles. The first-order chi connectivity index (χ1) is 10.6. The summed E-state index contributed by atoms with van der Waals surface area (Å²) in [6.45, 7) is 0. The first-order valence-corrected chi connectivity index (χ1v) is 8.41. The molecule has 1 amide bonds. The SMILES string of the molecule is O=C(Nc1cccc(C(F)(F)F)c1)c1cccc(S(=O)(=O)Cl)c1. The summed E-state index contributed by atoms with van der Waals surface area (Å²) in [5.41, 5.74) is -1.03. The molecule has 23 heavy (non-hydrogen) atoms. The van der Waals surface area contributed by atoms with Gasteiger partial charge in [-0.2, -0.15) is 13.2 Å². The molecule has 0 spiro atoms. The van der Waals surface area contributed by atoms with Crippen molar-refractivity contribution in [1.29, 1.82) is 0 Å². The maximum Gasteiger partial charge on any atom is 0.416 e. The quantitative estimate of drug-likeness (QED) is 0.841. The molecule has 0 bridgehead atoms. The molecule has 0 unspecified atom stereocenters. The summed E-state index contributed by atoms with van der Waals surface area (Å²) >= 11 is 0. The van der Waals surface area contributed by atoms with E-state index in [2.05, 4.69) is 5.32 Å². The van der Waals surface area contributed by atoms with E-state index in [9.17, 15) is 26.4 Å². The van der Waals surface area contributed by atoms with Crippen molar-refractivity contribution < 1.29 is 26.4 Å². The zero-order valence-electron chi connectivity index (χ0n) is 11.3. The van der Waals surface area contributed by atoms with Gasteiger partial charge in [0.05, 0.1) is 10.5 Å². The second-order valence-electron chi connectivity index (χ2n) is 4.50. The van der Waals surface area contributed by atoms with Gasteiger partial charge >= 0.3 is 6.18 Å². The number of halogens is 4. The lowest BCUT2D eigenvalue weighted by molar-refractivity contribution is -0.137. The van der Waals surface area contributed by atoms with Crippen LogP contribution in [-0.4, -0.2) is 14.3 Å². The van der Waals surface area contributed by atoms with Crippen molar-refractivity contribution in [2.24, 2.45) is 0 Å². The molecule has 9 heteroatoms. The molecular weight excluding hydrogens is 355 g/mol. The van der Waals surface area contributed by atoms with Gasteiger partial charge in [-0.25, -0.2) is 8.42 Å². The summed E-state index contributed by atoms with van der Waals surface area (Å²) < 4.78 is 60.3. The number of amides is 1. The van der Waals surface area contributed by atoms with Crippen LogP contribution in [0.3, 0.4) is 0 Å². The number of hydrogen-bond acceptors (Lipinski definition) is 3. The molecule has 0 fully saturated rings. The fourth-order valence-corrected chi connectivity index (χ4v) is 2.56. The molecule has 122 valence electrons. The summed E-state index contributed by atoms with van der Waals surface area (Å²) in [6, 6.07) is 8.93. The summed E-state index contributed by atoms with van der Waals surface area (Å²) in [4.78, 5) is 11.7. The number of anilines is 1. The highest BCUT2D eigenvalue weighted by Gasteiger charge is 2.30. The molecule has 2 aromatic rings. The Bertz CT molecular complexity index is 850. The van der Waals surface area contributed by atoms with Crippen LogP contribution in [-0.2, 0) is 15.2 Å². The van der Waals surface area contributed by atoms with E-state index in [1.807, 2.05) is 0 Å². The van der Waals surface area contributed by atoms with Crippen LogP contribution >= 0.6 is 10.7 Å². The van der Waals surface area contributed by atoms with E-state index in [0.29, 0.717) is 0 Å². The Balaban J connectivity index is 2.27. The van der Waals surface area contributed by atoms with Crippen molar-refractivity contribution in [3.05, 3.63) is 59.7 Å². The maximum absolute atomic E-state index is 12.6. The van der Waals surface area contributed by atoms with Crippen LogP contribution in [0.4, 0.5) is 18.9 Å². The van der Waals surface area contributed by atoms with Gasteiger partial charge in [-0.15, -0.1) is 0 Å². The Kier molecular flexibility index (Phi) is 4.67. The van der Waals surface area contributed by atoms with Crippen molar-refractivity contribution in [3.63, 3.8) is 0 Å². The molecule has 0 heterocycles. The molecule has 0 aliphatic carbocycles. The zero-order chi connectivity index (χ0) is 17.3. The van der Waals surface area contributed by atoms with Crippen LogP contribution in [0.25, 0.3) is 0 Å². The van der Waals surface area contributed by atoms with Gasteiger partial charge in [0.25, 0.3) is 15.0 Å². The Morgan fingerprint density at radius 2 is 1.70 bits per heavy atom. The average molecular weight is 364 g/mol. The van der Waals surface area contributed by atoms with Gasteiger partial charge in [0.2, 0.25) is 0 Å². The van der Waals surface area contributed by atoms with Gasteiger partial charge in [-0.3, -0.25) is 4.79 Å². The lowest BCUT2D eigenvalue weighted by atomic mass is 10.1. The van der Waals surface area contributed by atoms with Crippen LogP contribution < -0.4 is 5.32 Å². The van der Waals surface area contributed by atoms with Crippen molar-refractivity contribution in [2.45, 2.75) is 11.1 Å². The third-order valence-corrected chi connectivity index (χ3v) is 4.18. The van der Waals surface area contributed by atoms with Crippen molar-refractivity contribution >= 4 is 31.3 Å². The number of alkyl halides is 3. The monoisotopic (exact) mass is 363 g/mol. The van der Waals surface area contributed by atoms with E-state index >= 15 is 0 Å². The van der Waals surface area contributed by atoms with E-state index < -0.39 is 26.7 Å². The zero-order valence-corrected chi connectivity index (χ0v) is 12.8. The topological polar surface area (TPSA) is 63.2 Å². The Morgan fingerprint density at radius 1 is 1.04 bits per heavy atom. The highest BCUT2D eigenvalue weighted by Crippen LogP contribution is 2.30. The summed E-state index contributed by atoms with van der Waals surface area (Å²) in [5, 5.41) is 2.27. The second-order valence-corrected chi connectivity index (χ2v) is 7.06. The third-order valence-electron chi connectivity index (χ3n) is 2.83. The number of rotatable bonds is 3. The number of carbonyl (C=O) groups excluding carboxylic acids is 1. The Labute approximate surface area is 134 Å². The van der Waals surface area contributed by atoms with Crippen LogP contribution in [0, 0.1) is 0 Å². The molecular formula is C14H9ClF3NO3S. The van der Waals surface area contributed by atoms with Crippen LogP contribution in [0.15, 0.2) is 53.4 Å². The van der Waals surface area contributed by atoms with Gasteiger partial charge in [0, 0.05) is 21.9 Å². The lowest BCUT2D eigenvalue weighted by Crippen LogP contribution is -2.13. The van der Waals surface area contributed by atoms with Gasteiger partial charge in [-0.1, -0.05) is 12.1 Å². The lowest BCUT2D eigenvalue weighted by Gasteiger charge is -2.10. The number of hydrogen-bond donors (Lipinski definition) is 1. The molecule has 0 radical (unpaired) electrons. The molecule has 0 aliphatic rings. The van der Waals surface area contributed by atoms with Crippen LogP contribution in [0.5, 0.6) is 0 Å². The first kappa shape index (κ1) is 17.3. The number of benzene rings is 2. The molecule has 2 rings (SSSR count). The molecule has 2 aromatic carbocycles. The van der Waals surface area contributed by atoms with E-state index in [1.54, 1.807) is 0 Å². The maximum atomic E-state index is 12.6. The molecule has 4 nitrogen and oxygen atoms in total.